The minimum absolute atomic E-state index is 0.0249. The van der Waals surface area contributed by atoms with Crippen molar-refractivity contribution in [1.29, 1.82) is 0 Å². The van der Waals surface area contributed by atoms with Crippen LogP contribution in [0.4, 0.5) is 11.4 Å². The lowest BCUT2D eigenvalue weighted by Crippen LogP contribution is -2.59. The monoisotopic (exact) mass is 403 g/mol. The van der Waals surface area contributed by atoms with Gasteiger partial charge in [0.1, 0.15) is 5.75 Å². The lowest BCUT2D eigenvalue weighted by molar-refractivity contribution is -0.384. The van der Waals surface area contributed by atoms with Crippen molar-refractivity contribution in [2.75, 3.05) is 19.0 Å². The van der Waals surface area contributed by atoms with Gasteiger partial charge in [-0.1, -0.05) is 20.8 Å². The molecule has 0 aromatic heterocycles. The van der Waals surface area contributed by atoms with Crippen LogP contribution in [0, 0.1) is 26.9 Å². The Kier molecular flexibility index (Phi) is 5.10. The third kappa shape index (κ3) is 3.24. The van der Waals surface area contributed by atoms with Crippen molar-refractivity contribution in [3.8, 4) is 5.75 Å². The number of ether oxygens (including phenoxy) is 1. The van der Waals surface area contributed by atoms with E-state index in [0.717, 1.165) is 0 Å². The molecule has 1 N–H and O–H groups in total. The Morgan fingerprint density at radius 2 is 2.03 bits per heavy atom. The van der Waals surface area contributed by atoms with Crippen molar-refractivity contribution in [1.82, 2.24) is 4.90 Å². The molecule has 0 spiro atoms. The number of nitrogens with one attached hydrogen (secondary N) is 1. The Hall–Kier alpha value is -2.97. The van der Waals surface area contributed by atoms with E-state index in [4.69, 9.17) is 4.74 Å². The zero-order chi connectivity index (χ0) is 21.6. The van der Waals surface area contributed by atoms with E-state index in [1.54, 1.807) is 0 Å². The van der Waals surface area contributed by atoms with Crippen molar-refractivity contribution >= 4 is 29.1 Å². The molecule has 9 heteroatoms. The maximum atomic E-state index is 13.0. The first-order valence-corrected chi connectivity index (χ1v) is 9.51. The molecule has 1 aliphatic heterocycles. The van der Waals surface area contributed by atoms with Crippen LogP contribution in [0.5, 0.6) is 5.75 Å². The number of hydrogen-bond donors (Lipinski definition) is 1. The largest absolute Gasteiger partial charge is 0.495 e. The van der Waals surface area contributed by atoms with E-state index < -0.39 is 21.7 Å². The molecule has 3 rings (SSSR count). The van der Waals surface area contributed by atoms with Crippen LogP contribution in [0.2, 0.25) is 0 Å². The fourth-order valence-corrected chi connectivity index (χ4v) is 4.45. The fourth-order valence-electron chi connectivity index (χ4n) is 4.45. The first-order valence-electron chi connectivity index (χ1n) is 9.51. The van der Waals surface area contributed by atoms with Crippen LogP contribution in [0.3, 0.4) is 0 Å². The van der Waals surface area contributed by atoms with Crippen molar-refractivity contribution in [2.45, 2.75) is 40.0 Å². The molecule has 2 unspecified atom stereocenters. The zero-order valence-corrected chi connectivity index (χ0v) is 17.0. The highest BCUT2D eigenvalue weighted by atomic mass is 16.6. The zero-order valence-electron chi connectivity index (χ0n) is 17.0. The predicted molar refractivity (Wildman–Crippen MR) is 104 cm³/mol. The number of piperidine rings is 1. The molecule has 1 heterocycles. The molecule has 2 bridgehead atoms. The second-order valence-corrected chi connectivity index (χ2v) is 8.38. The van der Waals surface area contributed by atoms with Crippen molar-refractivity contribution < 1.29 is 24.0 Å². The number of rotatable bonds is 6. The molecule has 1 saturated carbocycles. The quantitative estimate of drug-likeness (QED) is 0.443. The highest BCUT2D eigenvalue weighted by molar-refractivity contribution is 6.04. The highest BCUT2D eigenvalue weighted by Crippen LogP contribution is 2.60. The summed E-state index contributed by atoms with van der Waals surface area (Å²) in [6.45, 7) is 5.78. The number of methoxy groups -OCH3 is 1. The number of carbonyl (C=O) groups excluding carboxylic acids is 3. The van der Waals surface area contributed by atoms with Crippen molar-refractivity contribution in [2.24, 2.45) is 16.7 Å². The molecular weight excluding hydrogens is 378 g/mol. The third-order valence-corrected chi connectivity index (χ3v) is 6.74. The summed E-state index contributed by atoms with van der Waals surface area (Å²) >= 11 is 0. The Morgan fingerprint density at radius 3 is 2.66 bits per heavy atom. The van der Waals surface area contributed by atoms with E-state index in [2.05, 4.69) is 5.32 Å². The van der Waals surface area contributed by atoms with Crippen LogP contribution in [-0.2, 0) is 14.4 Å². The number of hydrogen-bond acceptors (Lipinski definition) is 6. The number of fused-ring (bicyclic) bond motifs is 2. The average molecular weight is 403 g/mol. The summed E-state index contributed by atoms with van der Waals surface area (Å²) in [5.74, 6) is -0.879. The number of nitrogens with zero attached hydrogens (tertiary/aromatic N) is 2. The van der Waals surface area contributed by atoms with Gasteiger partial charge in [-0.2, -0.15) is 0 Å². The molecule has 2 fully saturated rings. The molecule has 1 aromatic rings. The van der Waals surface area contributed by atoms with Gasteiger partial charge in [-0.3, -0.25) is 29.4 Å². The molecule has 2 atom stereocenters. The van der Waals surface area contributed by atoms with Gasteiger partial charge in [0.25, 0.3) is 5.69 Å². The van der Waals surface area contributed by atoms with E-state index in [9.17, 15) is 24.5 Å². The second-order valence-electron chi connectivity index (χ2n) is 8.38. The fraction of sp³-hybridized carbons (Fsp3) is 0.550. The molecule has 3 amide bonds. The number of nitro groups is 1. The molecule has 9 nitrogen and oxygen atoms in total. The van der Waals surface area contributed by atoms with Gasteiger partial charge in [-0.25, -0.2) is 0 Å². The third-order valence-electron chi connectivity index (χ3n) is 6.74. The number of likely N-dealkylation sites (tertiary alicyclic amines) is 1. The number of carbonyl (C=O) groups is 3. The Morgan fingerprint density at radius 1 is 1.34 bits per heavy atom. The number of imide groups is 1. The molecule has 0 radical (unpaired) electrons. The Balaban J connectivity index is 1.71. The predicted octanol–water partition coefficient (Wildman–Crippen LogP) is 2.74. The molecule has 1 aromatic carbocycles. The minimum Gasteiger partial charge on any atom is -0.495 e. The molecule has 29 heavy (non-hydrogen) atoms. The highest BCUT2D eigenvalue weighted by Gasteiger charge is 2.64. The van der Waals surface area contributed by atoms with Gasteiger partial charge in [0.2, 0.25) is 17.7 Å². The van der Waals surface area contributed by atoms with Gasteiger partial charge < -0.3 is 10.1 Å². The van der Waals surface area contributed by atoms with Gasteiger partial charge in [0, 0.05) is 31.0 Å². The minimum atomic E-state index is -0.620. The first kappa shape index (κ1) is 20.8. The van der Waals surface area contributed by atoms with E-state index in [1.165, 1.54) is 30.2 Å². The van der Waals surface area contributed by atoms with Crippen molar-refractivity contribution in [3.63, 3.8) is 0 Å². The van der Waals surface area contributed by atoms with Crippen LogP contribution in [-0.4, -0.2) is 41.2 Å². The molecular formula is C20H25N3O6. The average Bonchev–Trinajstić information content (AvgIpc) is 2.85. The molecule has 2 aliphatic rings. The summed E-state index contributed by atoms with van der Waals surface area (Å²) in [5, 5.41) is 13.5. The van der Waals surface area contributed by atoms with E-state index >= 15 is 0 Å². The summed E-state index contributed by atoms with van der Waals surface area (Å²) in [6.07, 6.45) is 1.22. The van der Waals surface area contributed by atoms with Crippen LogP contribution in [0.15, 0.2) is 18.2 Å². The number of non-ortho nitro benzene ring substituents is 1. The van der Waals surface area contributed by atoms with Gasteiger partial charge in [-0.05, 0) is 24.3 Å². The number of benzene rings is 1. The summed E-state index contributed by atoms with van der Waals surface area (Å²) in [7, 11) is 1.39. The Labute approximate surface area is 168 Å². The molecule has 1 saturated heterocycles. The first-order chi connectivity index (χ1) is 13.5. The number of nitro benzene ring substituents is 1. The maximum Gasteiger partial charge on any atom is 0.271 e. The molecule has 156 valence electrons. The summed E-state index contributed by atoms with van der Waals surface area (Å²) in [4.78, 5) is 49.8. The number of amides is 3. The van der Waals surface area contributed by atoms with E-state index in [1.807, 2.05) is 20.8 Å². The normalized spacial score (nSPS) is 25.1. The van der Waals surface area contributed by atoms with Crippen LogP contribution >= 0.6 is 0 Å². The van der Waals surface area contributed by atoms with E-state index in [-0.39, 0.29) is 47.8 Å². The lowest BCUT2D eigenvalue weighted by Gasteiger charge is -2.47. The van der Waals surface area contributed by atoms with Gasteiger partial charge in [0.15, 0.2) is 0 Å². The van der Waals surface area contributed by atoms with Crippen LogP contribution < -0.4 is 10.1 Å². The standard InChI is InChI=1S/C20H25N3O6/c1-19(2)13-7-9-20(19,3)18(26)22(17(13)25)10-8-16(24)21-14-11-12(23(27)28)5-6-15(14)29-4/h5-6,11,13H,7-10H2,1-4H3,(H,21,24). The van der Waals surface area contributed by atoms with Gasteiger partial charge in [-0.15, -0.1) is 0 Å². The summed E-state index contributed by atoms with van der Waals surface area (Å²) < 4.78 is 5.13. The molecule has 1 aliphatic carbocycles. The summed E-state index contributed by atoms with van der Waals surface area (Å²) in [6, 6.07) is 3.88. The van der Waals surface area contributed by atoms with Gasteiger partial charge in [0.05, 0.1) is 23.1 Å². The lowest BCUT2D eigenvalue weighted by atomic mass is 9.62. The summed E-state index contributed by atoms with van der Waals surface area (Å²) in [5.41, 5.74) is -1.05. The van der Waals surface area contributed by atoms with Crippen LogP contribution in [0.1, 0.15) is 40.0 Å². The van der Waals surface area contributed by atoms with E-state index in [0.29, 0.717) is 12.8 Å². The van der Waals surface area contributed by atoms with Gasteiger partial charge >= 0.3 is 0 Å². The second kappa shape index (κ2) is 7.13. The topological polar surface area (TPSA) is 119 Å². The number of anilines is 1. The maximum absolute atomic E-state index is 13.0. The van der Waals surface area contributed by atoms with Crippen molar-refractivity contribution in [3.05, 3.63) is 28.3 Å². The Bertz CT molecular complexity index is 896. The SMILES string of the molecule is COc1ccc([N+](=O)[O-])cc1NC(=O)CCN1C(=O)C2CCC(C)(C1=O)C2(C)C. The smallest absolute Gasteiger partial charge is 0.271 e. The van der Waals surface area contributed by atoms with Crippen LogP contribution in [0.25, 0.3) is 0 Å².